The van der Waals surface area contributed by atoms with Gasteiger partial charge in [-0.15, -0.1) is 0 Å². The highest BCUT2D eigenvalue weighted by Gasteiger charge is 2.40. The van der Waals surface area contributed by atoms with E-state index in [0.29, 0.717) is 0 Å². The molecular formula is C20H23N3O6. The summed E-state index contributed by atoms with van der Waals surface area (Å²) in [7, 11) is 1.35. The molecule has 1 aliphatic carbocycles. The molecule has 0 aromatic heterocycles. The Labute approximate surface area is 167 Å². The van der Waals surface area contributed by atoms with Gasteiger partial charge in [0.1, 0.15) is 0 Å². The van der Waals surface area contributed by atoms with Crippen LogP contribution in [-0.2, 0) is 9.53 Å². The largest absolute Gasteiger partial charge is 0.449 e. The minimum Gasteiger partial charge on any atom is -0.449 e. The van der Waals surface area contributed by atoms with Crippen molar-refractivity contribution in [2.24, 2.45) is 0 Å². The van der Waals surface area contributed by atoms with E-state index in [1.165, 1.54) is 37.1 Å². The van der Waals surface area contributed by atoms with E-state index >= 15 is 0 Å². The summed E-state index contributed by atoms with van der Waals surface area (Å²) in [6.07, 6.45) is 3.42. The van der Waals surface area contributed by atoms with Crippen LogP contribution in [0.4, 0.5) is 4.79 Å². The van der Waals surface area contributed by atoms with E-state index in [2.05, 4.69) is 5.32 Å². The number of imide groups is 2. The number of nitrogens with one attached hydrogen (secondary N) is 2. The lowest BCUT2D eigenvalue weighted by molar-refractivity contribution is -0.127. The maximum atomic E-state index is 12.8. The third kappa shape index (κ3) is 4.13. The first-order valence-electron chi connectivity index (χ1n) is 9.59. The summed E-state index contributed by atoms with van der Waals surface area (Å²) in [5.74, 6) is -2.36. The van der Waals surface area contributed by atoms with E-state index in [-0.39, 0.29) is 28.6 Å². The Kier molecular flexibility index (Phi) is 5.95. The van der Waals surface area contributed by atoms with Crippen molar-refractivity contribution in [2.75, 3.05) is 7.05 Å². The molecule has 1 fully saturated rings. The van der Waals surface area contributed by atoms with Crippen molar-refractivity contribution in [1.29, 1.82) is 0 Å². The fourth-order valence-corrected chi connectivity index (χ4v) is 3.62. The van der Waals surface area contributed by atoms with Crippen LogP contribution in [0, 0.1) is 0 Å². The molecule has 9 nitrogen and oxygen atoms in total. The van der Waals surface area contributed by atoms with Gasteiger partial charge in [0.15, 0.2) is 6.10 Å². The lowest BCUT2D eigenvalue weighted by atomic mass is 9.94. The molecule has 1 saturated carbocycles. The van der Waals surface area contributed by atoms with Crippen LogP contribution in [0.1, 0.15) is 70.1 Å². The summed E-state index contributed by atoms with van der Waals surface area (Å²) in [5, 5.41) is 4.23. The second-order valence-electron chi connectivity index (χ2n) is 7.15. The molecule has 0 saturated heterocycles. The summed E-state index contributed by atoms with van der Waals surface area (Å²) < 4.78 is 5.07. The molecule has 1 atom stereocenters. The van der Waals surface area contributed by atoms with E-state index in [1.54, 1.807) is 0 Å². The lowest BCUT2D eigenvalue weighted by Crippen LogP contribution is -2.43. The lowest BCUT2D eigenvalue weighted by Gasteiger charge is -2.29. The average Bonchev–Trinajstić information content (AvgIpc) is 2.98. The van der Waals surface area contributed by atoms with Crippen LogP contribution in [0.25, 0.3) is 0 Å². The van der Waals surface area contributed by atoms with Crippen LogP contribution >= 0.6 is 0 Å². The zero-order chi connectivity index (χ0) is 21.1. The molecule has 9 heteroatoms. The molecule has 29 heavy (non-hydrogen) atoms. The van der Waals surface area contributed by atoms with Crippen LogP contribution in [0.3, 0.4) is 0 Å². The summed E-state index contributed by atoms with van der Waals surface area (Å²) in [5.41, 5.74) is 0.481. The van der Waals surface area contributed by atoms with Gasteiger partial charge in [-0.3, -0.25) is 24.6 Å². The number of hydrogen-bond donors (Lipinski definition) is 2. The number of esters is 1. The first-order valence-corrected chi connectivity index (χ1v) is 9.59. The maximum Gasteiger partial charge on any atom is 0.338 e. The molecule has 2 aliphatic rings. The molecule has 5 amide bonds. The van der Waals surface area contributed by atoms with Gasteiger partial charge in [0, 0.05) is 13.1 Å². The van der Waals surface area contributed by atoms with Crippen molar-refractivity contribution in [3.63, 3.8) is 0 Å². The van der Waals surface area contributed by atoms with Crippen LogP contribution in [0.15, 0.2) is 18.2 Å². The molecule has 0 radical (unpaired) electrons. The summed E-state index contributed by atoms with van der Waals surface area (Å²) in [6, 6.07) is 3.32. The van der Waals surface area contributed by atoms with Crippen molar-refractivity contribution >= 4 is 29.7 Å². The standard InChI is InChI=1S/C20H23N3O6/c1-11(16(24)22-20(28)21-2)29-19(27)12-8-9-14-15(10-12)18(26)23(17(14)25)13-6-4-3-5-7-13/h8-11,13H,3-7H2,1-2H3,(H2,21,22,24,28)/t11-/m1/s1. The quantitative estimate of drug-likeness (QED) is 0.584. The third-order valence-corrected chi connectivity index (χ3v) is 5.21. The number of amides is 5. The molecule has 1 aliphatic heterocycles. The Bertz CT molecular complexity index is 875. The number of nitrogens with zero attached hydrogens (tertiary/aromatic N) is 1. The van der Waals surface area contributed by atoms with E-state index in [1.807, 2.05) is 5.32 Å². The van der Waals surface area contributed by atoms with Crippen molar-refractivity contribution in [2.45, 2.75) is 51.2 Å². The maximum absolute atomic E-state index is 12.8. The highest BCUT2D eigenvalue weighted by atomic mass is 16.5. The predicted octanol–water partition coefficient (Wildman–Crippen LogP) is 1.62. The number of carbonyl (C=O) groups is 5. The fourth-order valence-electron chi connectivity index (χ4n) is 3.62. The fraction of sp³-hybridized carbons (Fsp3) is 0.450. The van der Waals surface area contributed by atoms with Gasteiger partial charge in [0.2, 0.25) is 0 Å². The SMILES string of the molecule is CNC(=O)NC(=O)[C@@H](C)OC(=O)c1ccc2c(c1)C(=O)N(C1CCCCC1)C2=O. The molecule has 0 spiro atoms. The van der Waals surface area contributed by atoms with E-state index in [9.17, 15) is 24.0 Å². The van der Waals surface area contributed by atoms with Crippen LogP contribution in [0.5, 0.6) is 0 Å². The normalized spacial score (nSPS) is 17.5. The number of fused-ring (bicyclic) bond motifs is 1. The highest BCUT2D eigenvalue weighted by molar-refractivity contribution is 6.22. The summed E-state index contributed by atoms with van der Waals surface area (Å²) in [6.45, 7) is 1.32. The molecule has 154 valence electrons. The average molecular weight is 401 g/mol. The Morgan fingerprint density at radius 1 is 1.07 bits per heavy atom. The van der Waals surface area contributed by atoms with Crippen LogP contribution in [-0.4, -0.2) is 53.8 Å². The Morgan fingerprint density at radius 2 is 1.72 bits per heavy atom. The van der Waals surface area contributed by atoms with E-state index in [0.717, 1.165) is 32.1 Å². The van der Waals surface area contributed by atoms with Crippen LogP contribution < -0.4 is 10.6 Å². The third-order valence-electron chi connectivity index (χ3n) is 5.21. The van der Waals surface area contributed by atoms with Crippen molar-refractivity contribution in [3.05, 3.63) is 34.9 Å². The monoisotopic (exact) mass is 401 g/mol. The Morgan fingerprint density at radius 3 is 2.38 bits per heavy atom. The smallest absolute Gasteiger partial charge is 0.338 e. The first kappa shape index (κ1) is 20.5. The predicted molar refractivity (Wildman–Crippen MR) is 101 cm³/mol. The number of rotatable bonds is 4. The number of hydrogen-bond acceptors (Lipinski definition) is 6. The van der Waals surface area contributed by atoms with Gasteiger partial charge in [0.25, 0.3) is 17.7 Å². The van der Waals surface area contributed by atoms with Gasteiger partial charge < -0.3 is 10.1 Å². The minimum atomic E-state index is -1.22. The molecule has 0 bridgehead atoms. The first-order chi connectivity index (χ1) is 13.8. The Hall–Kier alpha value is -3.23. The van der Waals surface area contributed by atoms with Gasteiger partial charge >= 0.3 is 12.0 Å². The summed E-state index contributed by atoms with van der Waals surface area (Å²) >= 11 is 0. The van der Waals surface area contributed by atoms with Gasteiger partial charge in [-0.05, 0) is 38.0 Å². The molecule has 3 rings (SSSR count). The minimum absolute atomic E-state index is 0.0509. The molecular weight excluding hydrogens is 378 g/mol. The molecule has 1 aromatic carbocycles. The number of carbonyl (C=O) groups excluding carboxylic acids is 5. The zero-order valence-corrected chi connectivity index (χ0v) is 16.3. The van der Waals surface area contributed by atoms with Crippen molar-refractivity contribution in [3.8, 4) is 0 Å². The second-order valence-corrected chi connectivity index (χ2v) is 7.15. The summed E-state index contributed by atoms with van der Waals surface area (Å²) in [4.78, 5) is 62.2. The highest BCUT2D eigenvalue weighted by Crippen LogP contribution is 2.31. The topological polar surface area (TPSA) is 122 Å². The Balaban J connectivity index is 1.73. The molecule has 1 heterocycles. The number of ether oxygens (including phenoxy) is 1. The van der Waals surface area contributed by atoms with Gasteiger partial charge in [-0.2, -0.15) is 0 Å². The number of urea groups is 1. The van der Waals surface area contributed by atoms with Crippen molar-refractivity contribution < 1.29 is 28.7 Å². The van der Waals surface area contributed by atoms with Crippen LogP contribution in [0.2, 0.25) is 0 Å². The van der Waals surface area contributed by atoms with E-state index < -0.39 is 29.9 Å². The number of benzene rings is 1. The second kappa shape index (κ2) is 8.42. The van der Waals surface area contributed by atoms with E-state index in [4.69, 9.17) is 4.74 Å². The molecule has 0 unspecified atom stereocenters. The molecule has 2 N–H and O–H groups in total. The van der Waals surface area contributed by atoms with Gasteiger partial charge in [0.05, 0.1) is 16.7 Å². The van der Waals surface area contributed by atoms with Crippen molar-refractivity contribution in [1.82, 2.24) is 15.5 Å². The van der Waals surface area contributed by atoms with Gasteiger partial charge in [-0.1, -0.05) is 19.3 Å². The molecule has 1 aromatic rings. The zero-order valence-electron chi connectivity index (χ0n) is 16.3. The van der Waals surface area contributed by atoms with Gasteiger partial charge in [-0.25, -0.2) is 9.59 Å².